The Labute approximate surface area is 108 Å². The summed E-state index contributed by atoms with van der Waals surface area (Å²) < 4.78 is 24.9. The Morgan fingerprint density at radius 3 is 2.76 bits per heavy atom. The van der Waals surface area contributed by atoms with E-state index in [9.17, 15) is 4.39 Å². The highest BCUT2D eigenvalue weighted by Gasteiger charge is 2.20. The second-order valence-corrected chi connectivity index (χ2v) is 5.02. The van der Waals surface area contributed by atoms with Crippen molar-refractivity contribution in [2.45, 2.75) is 25.2 Å². The largest absolute Gasteiger partial charge is 0.350 e. The van der Waals surface area contributed by atoms with Crippen LogP contribution in [0.1, 0.15) is 12.0 Å². The van der Waals surface area contributed by atoms with Crippen LogP contribution in [0.5, 0.6) is 0 Å². The van der Waals surface area contributed by atoms with Crippen LogP contribution in [0.25, 0.3) is 0 Å². The molecule has 1 saturated heterocycles. The van der Waals surface area contributed by atoms with E-state index in [0.29, 0.717) is 31.6 Å². The third kappa shape index (κ3) is 3.74. The highest BCUT2D eigenvalue weighted by Crippen LogP contribution is 2.18. The van der Waals surface area contributed by atoms with Gasteiger partial charge in [0.25, 0.3) is 0 Å². The van der Waals surface area contributed by atoms with E-state index in [-0.39, 0.29) is 18.1 Å². The van der Waals surface area contributed by atoms with Crippen LogP contribution in [-0.2, 0) is 15.9 Å². The van der Waals surface area contributed by atoms with Crippen molar-refractivity contribution in [3.63, 3.8) is 0 Å². The number of halogens is 2. The van der Waals surface area contributed by atoms with Crippen LogP contribution in [0.15, 0.2) is 22.7 Å². The summed E-state index contributed by atoms with van der Waals surface area (Å²) in [5, 5.41) is 0. The van der Waals surface area contributed by atoms with Gasteiger partial charge in [-0.15, -0.1) is 0 Å². The third-order valence-electron chi connectivity index (χ3n) is 2.68. The van der Waals surface area contributed by atoms with Crippen molar-refractivity contribution < 1.29 is 13.9 Å². The van der Waals surface area contributed by atoms with E-state index in [0.717, 1.165) is 4.47 Å². The molecular formula is C12H15BrFNO2. The predicted octanol–water partition coefficient (Wildman–Crippen LogP) is 2.22. The molecule has 0 bridgehead atoms. The van der Waals surface area contributed by atoms with E-state index in [1.54, 1.807) is 6.07 Å². The van der Waals surface area contributed by atoms with E-state index in [2.05, 4.69) is 15.9 Å². The molecule has 0 amide bonds. The molecule has 1 unspecified atom stereocenters. The van der Waals surface area contributed by atoms with Crippen molar-refractivity contribution in [3.8, 4) is 0 Å². The molecule has 0 radical (unpaired) electrons. The van der Waals surface area contributed by atoms with Crippen LogP contribution in [0.2, 0.25) is 0 Å². The van der Waals surface area contributed by atoms with E-state index in [4.69, 9.17) is 15.2 Å². The van der Waals surface area contributed by atoms with Gasteiger partial charge in [0.1, 0.15) is 5.82 Å². The molecule has 0 spiro atoms. The topological polar surface area (TPSA) is 44.5 Å². The normalized spacial score (nSPS) is 18.5. The first-order valence-corrected chi connectivity index (χ1v) is 6.37. The third-order valence-corrected chi connectivity index (χ3v) is 3.18. The summed E-state index contributed by atoms with van der Waals surface area (Å²) in [6.07, 6.45) is 0.848. The second-order valence-electron chi connectivity index (χ2n) is 4.11. The molecule has 5 heteroatoms. The first-order chi connectivity index (χ1) is 8.15. The summed E-state index contributed by atoms with van der Waals surface area (Å²) in [5.74, 6) is -0.233. The average Bonchev–Trinajstić information content (AvgIpc) is 2.75. The lowest BCUT2D eigenvalue weighted by atomic mass is 10.0. The van der Waals surface area contributed by atoms with Gasteiger partial charge < -0.3 is 15.2 Å². The Morgan fingerprint density at radius 1 is 1.41 bits per heavy atom. The average molecular weight is 304 g/mol. The van der Waals surface area contributed by atoms with Gasteiger partial charge in [-0.3, -0.25) is 0 Å². The first kappa shape index (κ1) is 13.0. The van der Waals surface area contributed by atoms with Gasteiger partial charge in [0.05, 0.1) is 13.2 Å². The molecule has 1 atom stereocenters. The monoisotopic (exact) mass is 303 g/mol. The lowest BCUT2D eigenvalue weighted by Crippen LogP contribution is -2.29. The summed E-state index contributed by atoms with van der Waals surface area (Å²) in [7, 11) is 0. The lowest BCUT2D eigenvalue weighted by molar-refractivity contribution is -0.0505. The fourth-order valence-electron chi connectivity index (χ4n) is 1.84. The van der Waals surface area contributed by atoms with Gasteiger partial charge in [-0.2, -0.15) is 0 Å². The summed E-state index contributed by atoms with van der Waals surface area (Å²) in [6.45, 7) is 1.23. The maximum Gasteiger partial charge on any atom is 0.159 e. The van der Waals surface area contributed by atoms with Crippen LogP contribution in [0.4, 0.5) is 4.39 Å². The Bertz CT molecular complexity index is 383. The molecule has 0 saturated carbocycles. The van der Waals surface area contributed by atoms with Crippen molar-refractivity contribution >= 4 is 15.9 Å². The van der Waals surface area contributed by atoms with Gasteiger partial charge in [-0.25, -0.2) is 4.39 Å². The summed E-state index contributed by atoms with van der Waals surface area (Å²) in [6, 6.07) is 4.85. The number of ether oxygens (including phenoxy) is 2. The minimum Gasteiger partial charge on any atom is -0.350 e. The lowest BCUT2D eigenvalue weighted by Gasteiger charge is -2.16. The number of hydrogen-bond donors (Lipinski definition) is 1. The summed E-state index contributed by atoms with van der Waals surface area (Å²) in [4.78, 5) is 0. The highest BCUT2D eigenvalue weighted by atomic mass is 79.9. The summed E-state index contributed by atoms with van der Waals surface area (Å²) in [5.41, 5.74) is 6.58. The first-order valence-electron chi connectivity index (χ1n) is 5.58. The fourth-order valence-corrected chi connectivity index (χ4v) is 2.18. The van der Waals surface area contributed by atoms with Crippen molar-refractivity contribution in [1.82, 2.24) is 0 Å². The molecule has 1 heterocycles. The zero-order valence-electron chi connectivity index (χ0n) is 9.36. The Kier molecular flexibility index (Phi) is 4.50. The number of hydrogen-bond acceptors (Lipinski definition) is 3. The van der Waals surface area contributed by atoms with Crippen LogP contribution in [0.3, 0.4) is 0 Å². The fraction of sp³-hybridized carbons (Fsp3) is 0.500. The molecule has 2 rings (SSSR count). The van der Waals surface area contributed by atoms with Crippen LogP contribution < -0.4 is 5.73 Å². The molecule has 0 aliphatic carbocycles. The van der Waals surface area contributed by atoms with Crippen LogP contribution in [-0.4, -0.2) is 25.5 Å². The molecule has 1 fully saturated rings. The van der Waals surface area contributed by atoms with Gasteiger partial charge in [0.15, 0.2) is 6.29 Å². The van der Waals surface area contributed by atoms with Gasteiger partial charge in [-0.05, 0) is 24.1 Å². The molecular weight excluding hydrogens is 289 g/mol. The number of rotatable bonds is 4. The second kappa shape index (κ2) is 5.91. The minimum absolute atomic E-state index is 0.159. The van der Waals surface area contributed by atoms with E-state index < -0.39 is 0 Å². The smallest absolute Gasteiger partial charge is 0.159 e. The maximum atomic E-state index is 13.6. The van der Waals surface area contributed by atoms with E-state index >= 15 is 0 Å². The Balaban J connectivity index is 1.90. The maximum absolute atomic E-state index is 13.6. The Morgan fingerprint density at radius 2 is 2.12 bits per heavy atom. The molecule has 1 aromatic carbocycles. The summed E-state index contributed by atoms with van der Waals surface area (Å²) >= 11 is 3.22. The predicted molar refractivity (Wildman–Crippen MR) is 66.1 cm³/mol. The molecule has 3 nitrogen and oxygen atoms in total. The van der Waals surface area contributed by atoms with Gasteiger partial charge in [0.2, 0.25) is 0 Å². The molecule has 17 heavy (non-hydrogen) atoms. The SMILES string of the molecule is NC(Cc1ccc(Br)cc1F)CC1OCCO1. The molecule has 1 aliphatic heterocycles. The van der Waals surface area contributed by atoms with Crippen LogP contribution >= 0.6 is 15.9 Å². The molecule has 2 N–H and O–H groups in total. The van der Waals surface area contributed by atoms with Crippen molar-refractivity contribution in [2.24, 2.45) is 5.73 Å². The zero-order chi connectivity index (χ0) is 12.3. The Hall–Kier alpha value is -0.490. The number of nitrogens with two attached hydrogens (primary N) is 1. The quantitative estimate of drug-likeness (QED) is 0.927. The van der Waals surface area contributed by atoms with Gasteiger partial charge >= 0.3 is 0 Å². The van der Waals surface area contributed by atoms with Crippen molar-refractivity contribution in [3.05, 3.63) is 34.1 Å². The van der Waals surface area contributed by atoms with E-state index in [1.807, 2.05) is 6.07 Å². The van der Waals surface area contributed by atoms with Crippen molar-refractivity contribution in [1.29, 1.82) is 0 Å². The molecule has 1 aromatic rings. The number of benzene rings is 1. The van der Waals surface area contributed by atoms with Crippen LogP contribution in [0, 0.1) is 5.82 Å². The zero-order valence-corrected chi connectivity index (χ0v) is 11.0. The highest BCUT2D eigenvalue weighted by molar-refractivity contribution is 9.10. The van der Waals surface area contributed by atoms with E-state index in [1.165, 1.54) is 6.07 Å². The van der Waals surface area contributed by atoms with Gasteiger partial charge in [0, 0.05) is 16.9 Å². The molecule has 1 aliphatic rings. The standard InChI is InChI=1S/C12H15BrFNO2/c13-9-2-1-8(11(14)6-9)5-10(15)7-12-16-3-4-17-12/h1-2,6,10,12H,3-5,7,15H2. The van der Waals surface area contributed by atoms with Crippen molar-refractivity contribution in [2.75, 3.05) is 13.2 Å². The molecule has 0 aromatic heterocycles. The molecule has 94 valence electrons. The van der Waals surface area contributed by atoms with Gasteiger partial charge in [-0.1, -0.05) is 22.0 Å². The minimum atomic E-state index is -0.233.